The second kappa shape index (κ2) is 4.92. The number of hydrogen-bond acceptors (Lipinski definition) is 4. The molecule has 6 nitrogen and oxygen atoms in total. The van der Waals surface area contributed by atoms with Crippen molar-refractivity contribution in [2.24, 2.45) is 0 Å². The molecule has 19 heavy (non-hydrogen) atoms. The molecular formula is C13H20N4O2. The minimum Gasteiger partial charge on any atom is -0.480 e. The van der Waals surface area contributed by atoms with E-state index in [2.05, 4.69) is 21.9 Å². The Morgan fingerprint density at radius 2 is 2.32 bits per heavy atom. The van der Waals surface area contributed by atoms with E-state index in [4.69, 9.17) is 0 Å². The largest absolute Gasteiger partial charge is 0.480 e. The Labute approximate surface area is 112 Å². The molecular weight excluding hydrogens is 244 g/mol. The number of carbonyl (C=O) groups is 1. The molecule has 1 fully saturated rings. The van der Waals surface area contributed by atoms with Gasteiger partial charge in [0.15, 0.2) is 11.9 Å². The molecule has 2 atom stereocenters. The van der Waals surface area contributed by atoms with Crippen LogP contribution >= 0.6 is 0 Å². The zero-order valence-electron chi connectivity index (χ0n) is 11.2. The molecule has 6 heteroatoms. The molecule has 2 aliphatic rings. The summed E-state index contributed by atoms with van der Waals surface area (Å²) < 4.78 is 1.65. The minimum absolute atomic E-state index is 0.368. The molecule has 3 rings (SSSR count). The fourth-order valence-electron chi connectivity index (χ4n) is 3.10. The number of aryl methyl sites for hydroxylation is 1. The van der Waals surface area contributed by atoms with E-state index in [0.717, 1.165) is 50.5 Å². The monoisotopic (exact) mass is 264 g/mol. The molecule has 1 N–H and O–H groups in total. The van der Waals surface area contributed by atoms with Crippen LogP contribution < -0.4 is 0 Å². The van der Waals surface area contributed by atoms with Gasteiger partial charge in [0.05, 0.1) is 0 Å². The second-order valence-corrected chi connectivity index (χ2v) is 5.46. The lowest BCUT2D eigenvalue weighted by atomic mass is 10.1. The summed E-state index contributed by atoms with van der Waals surface area (Å²) in [5.74, 6) is 1.27. The molecule has 3 heterocycles. The number of aliphatic carboxylic acids is 1. The Hall–Kier alpha value is -1.43. The highest BCUT2D eigenvalue weighted by Gasteiger charge is 2.32. The molecule has 1 saturated heterocycles. The van der Waals surface area contributed by atoms with Gasteiger partial charge in [0, 0.05) is 18.9 Å². The summed E-state index contributed by atoms with van der Waals surface area (Å²) in [4.78, 5) is 18.2. The van der Waals surface area contributed by atoms with Gasteiger partial charge < -0.3 is 10.0 Å². The van der Waals surface area contributed by atoms with E-state index in [-0.39, 0.29) is 0 Å². The molecule has 0 aliphatic carbocycles. The highest BCUT2D eigenvalue weighted by atomic mass is 16.4. The fourth-order valence-corrected chi connectivity index (χ4v) is 3.10. The standard InChI is InChI=1S/C13H20N4O2/c1-2-16-7-6-9(8-16)12-14-11-5-3-4-10(13(18)19)17(11)15-12/h9-10H,2-8H2,1H3,(H,18,19). The normalized spacial score (nSPS) is 27.4. The smallest absolute Gasteiger partial charge is 0.328 e. The molecule has 2 unspecified atom stereocenters. The average molecular weight is 264 g/mol. The maximum atomic E-state index is 11.2. The number of hydrogen-bond donors (Lipinski definition) is 1. The molecule has 104 valence electrons. The summed E-state index contributed by atoms with van der Waals surface area (Å²) in [6.45, 7) is 5.31. The van der Waals surface area contributed by atoms with Crippen LogP contribution in [-0.2, 0) is 11.2 Å². The zero-order chi connectivity index (χ0) is 13.4. The van der Waals surface area contributed by atoms with Crippen molar-refractivity contribution >= 4 is 5.97 Å². The Bertz CT molecular complexity index is 485. The number of carboxylic acid groups (broad SMARTS) is 1. The molecule has 0 saturated carbocycles. The molecule has 0 radical (unpaired) electrons. The van der Waals surface area contributed by atoms with Crippen molar-refractivity contribution in [3.8, 4) is 0 Å². The van der Waals surface area contributed by atoms with Crippen LogP contribution in [0.5, 0.6) is 0 Å². The van der Waals surface area contributed by atoms with Crippen LogP contribution in [0.15, 0.2) is 0 Å². The molecule has 0 amide bonds. The highest BCUT2D eigenvalue weighted by Crippen LogP contribution is 2.28. The lowest BCUT2D eigenvalue weighted by molar-refractivity contribution is -0.141. The van der Waals surface area contributed by atoms with Crippen molar-refractivity contribution < 1.29 is 9.90 Å². The SMILES string of the molecule is CCN1CCC(c2nc3n(n2)C(C(=O)O)CCC3)C1. The molecule has 0 bridgehead atoms. The Morgan fingerprint density at radius 3 is 3.00 bits per heavy atom. The van der Waals surface area contributed by atoms with Gasteiger partial charge in [-0.1, -0.05) is 6.92 Å². The molecule has 0 spiro atoms. The van der Waals surface area contributed by atoms with Crippen LogP contribution in [0.3, 0.4) is 0 Å². The minimum atomic E-state index is -0.793. The molecule has 0 aromatic carbocycles. The van der Waals surface area contributed by atoms with Crippen LogP contribution in [0.4, 0.5) is 0 Å². The number of rotatable bonds is 3. The van der Waals surface area contributed by atoms with Crippen molar-refractivity contribution in [1.82, 2.24) is 19.7 Å². The van der Waals surface area contributed by atoms with Crippen LogP contribution in [0.25, 0.3) is 0 Å². The first-order valence-electron chi connectivity index (χ1n) is 7.09. The van der Waals surface area contributed by atoms with Crippen LogP contribution in [0.2, 0.25) is 0 Å². The van der Waals surface area contributed by atoms with Crippen molar-refractivity contribution in [3.05, 3.63) is 11.6 Å². The molecule has 1 aromatic rings. The summed E-state index contributed by atoms with van der Waals surface area (Å²) in [6, 6.07) is -0.520. The van der Waals surface area contributed by atoms with E-state index < -0.39 is 12.0 Å². The van der Waals surface area contributed by atoms with Gasteiger partial charge >= 0.3 is 5.97 Å². The van der Waals surface area contributed by atoms with Gasteiger partial charge in [0.25, 0.3) is 0 Å². The first-order chi connectivity index (χ1) is 9.19. The van der Waals surface area contributed by atoms with E-state index >= 15 is 0 Å². The summed E-state index contributed by atoms with van der Waals surface area (Å²) in [5, 5.41) is 13.7. The zero-order valence-corrected chi connectivity index (χ0v) is 11.2. The third kappa shape index (κ3) is 2.25. The third-order valence-electron chi connectivity index (χ3n) is 4.26. The van der Waals surface area contributed by atoms with E-state index in [1.165, 1.54) is 0 Å². The van der Waals surface area contributed by atoms with Crippen LogP contribution in [-0.4, -0.2) is 50.4 Å². The quantitative estimate of drug-likeness (QED) is 0.883. The Kier molecular flexibility index (Phi) is 3.26. The number of fused-ring (bicyclic) bond motifs is 1. The first kappa shape index (κ1) is 12.6. The topological polar surface area (TPSA) is 71.2 Å². The van der Waals surface area contributed by atoms with Crippen molar-refractivity contribution in [2.75, 3.05) is 19.6 Å². The van der Waals surface area contributed by atoms with Gasteiger partial charge in [0.2, 0.25) is 0 Å². The van der Waals surface area contributed by atoms with Gasteiger partial charge in [0.1, 0.15) is 5.82 Å². The maximum Gasteiger partial charge on any atom is 0.328 e. The first-order valence-corrected chi connectivity index (χ1v) is 7.09. The third-order valence-corrected chi connectivity index (χ3v) is 4.26. The number of likely N-dealkylation sites (tertiary alicyclic amines) is 1. The number of carboxylic acids is 1. The van der Waals surface area contributed by atoms with Crippen LogP contribution in [0, 0.1) is 0 Å². The van der Waals surface area contributed by atoms with Crippen LogP contribution in [0.1, 0.15) is 49.8 Å². The van der Waals surface area contributed by atoms with Crippen molar-refractivity contribution in [2.45, 2.75) is 44.6 Å². The summed E-state index contributed by atoms with van der Waals surface area (Å²) >= 11 is 0. The van der Waals surface area contributed by atoms with Gasteiger partial charge in [-0.3, -0.25) is 0 Å². The number of nitrogens with zero attached hydrogens (tertiary/aromatic N) is 4. The predicted molar refractivity (Wildman–Crippen MR) is 69.1 cm³/mol. The van der Waals surface area contributed by atoms with Crippen molar-refractivity contribution in [3.63, 3.8) is 0 Å². The van der Waals surface area contributed by atoms with E-state index in [1.54, 1.807) is 4.68 Å². The average Bonchev–Trinajstić information content (AvgIpc) is 3.03. The van der Waals surface area contributed by atoms with Gasteiger partial charge in [-0.15, -0.1) is 0 Å². The lowest BCUT2D eigenvalue weighted by Gasteiger charge is -2.19. The number of likely N-dealkylation sites (N-methyl/N-ethyl adjacent to an activating group) is 1. The molecule has 2 aliphatic heterocycles. The Morgan fingerprint density at radius 1 is 1.47 bits per heavy atom. The van der Waals surface area contributed by atoms with Gasteiger partial charge in [-0.2, -0.15) is 5.10 Å². The highest BCUT2D eigenvalue weighted by molar-refractivity contribution is 5.71. The van der Waals surface area contributed by atoms with Crippen molar-refractivity contribution in [1.29, 1.82) is 0 Å². The lowest BCUT2D eigenvalue weighted by Crippen LogP contribution is -2.26. The maximum absolute atomic E-state index is 11.2. The van der Waals surface area contributed by atoms with E-state index in [1.807, 2.05) is 0 Å². The van der Waals surface area contributed by atoms with E-state index in [0.29, 0.717) is 12.3 Å². The number of aromatic nitrogens is 3. The summed E-state index contributed by atoms with van der Waals surface area (Å²) in [6.07, 6.45) is 3.48. The van der Waals surface area contributed by atoms with Gasteiger partial charge in [-0.05, 0) is 32.4 Å². The summed E-state index contributed by atoms with van der Waals surface area (Å²) in [7, 11) is 0. The Balaban J connectivity index is 1.84. The summed E-state index contributed by atoms with van der Waals surface area (Å²) in [5.41, 5.74) is 0. The molecule has 1 aromatic heterocycles. The van der Waals surface area contributed by atoms with Gasteiger partial charge in [-0.25, -0.2) is 14.5 Å². The fraction of sp³-hybridized carbons (Fsp3) is 0.769. The predicted octanol–water partition coefficient (Wildman–Crippen LogP) is 1.05. The second-order valence-electron chi connectivity index (χ2n) is 5.46. The van der Waals surface area contributed by atoms with E-state index in [9.17, 15) is 9.90 Å².